The molecule has 0 saturated carbocycles. The molecule has 1 fully saturated rings. The lowest BCUT2D eigenvalue weighted by molar-refractivity contribution is 0.0210. The number of aromatic nitrogens is 8. The minimum absolute atomic E-state index is 0.224. The molecule has 1 aliphatic rings. The quantitative estimate of drug-likeness (QED) is 0.482. The first-order valence-corrected chi connectivity index (χ1v) is 10.3. The van der Waals surface area contributed by atoms with Crippen LogP contribution in [0, 0.1) is 0 Å². The zero-order valence-corrected chi connectivity index (χ0v) is 18.1. The summed E-state index contributed by atoms with van der Waals surface area (Å²) in [6, 6.07) is 7.79. The van der Waals surface area contributed by atoms with Gasteiger partial charge in [0.05, 0.1) is 31.4 Å². The third-order valence-corrected chi connectivity index (χ3v) is 5.58. The summed E-state index contributed by atoms with van der Waals surface area (Å²) in [5.41, 5.74) is 2.21. The normalized spacial score (nSPS) is 16.8. The second-order valence-electron chi connectivity index (χ2n) is 8.61. The number of nitrogens with zero attached hydrogens (tertiary/aromatic N) is 9. The molecule has 1 aromatic carbocycles. The molecule has 31 heavy (non-hydrogen) atoms. The van der Waals surface area contributed by atoms with E-state index in [0.29, 0.717) is 18.9 Å². The van der Waals surface area contributed by atoms with E-state index in [1.807, 2.05) is 22.9 Å². The van der Waals surface area contributed by atoms with Crippen LogP contribution in [0.2, 0.25) is 0 Å². The number of fused-ring (bicyclic) bond motifs is 3. The van der Waals surface area contributed by atoms with Crippen molar-refractivity contribution in [1.82, 2.24) is 45.1 Å². The molecule has 0 radical (unpaired) electrons. The maximum absolute atomic E-state index is 5.61. The topological polar surface area (TPSA) is 108 Å². The van der Waals surface area contributed by atoms with Crippen LogP contribution in [0.3, 0.4) is 0 Å². The molecule has 4 heterocycles. The van der Waals surface area contributed by atoms with Crippen molar-refractivity contribution in [3.05, 3.63) is 35.7 Å². The molecular formula is C20H25N9O2. The molecule has 0 unspecified atom stereocenters. The molecule has 4 aromatic rings. The first-order valence-electron chi connectivity index (χ1n) is 10.3. The summed E-state index contributed by atoms with van der Waals surface area (Å²) >= 11 is 0. The molecular weight excluding hydrogens is 398 g/mol. The van der Waals surface area contributed by atoms with E-state index in [1.54, 1.807) is 11.6 Å². The highest BCUT2D eigenvalue weighted by Crippen LogP contribution is 2.34. The van der Waals surface area contributed by atoms with Gasteiger partial charge in [-0.3, -0.25) is 4.90 Å². The highest BCUT2D eigenvalue weighted by molar-refractivity contribution is 5.84. The summed E-state index contributed by atoms with van der Waals surface area (Å²) in [4.78, 5) is 2.33. The molecule has 1 aliphatic heterocycles. The van der Waals surface area contributed by atoms with Crippen LogP contribution in [0.5, 0.6) is 5.75 Å². The molecule has 0 spiro atoms. The SMILES string of the molecule is COc1ccc2cc([C@H](c3nnnn3C(C)(C)C)N3CCOCC3)c3nnnn3c2c1. The average molecular weight is 423 g/mol. The van der Waals surface area contributed by atoms with Gasteiger partial charge >= 0.3 is 0 Å². The number of morpholine rings is 1. The number of rotatable bonds is 4. The standard InChI is InChI=1S/C20H25N9O2/c1-20(2,3)29-19(22-24-26-29)17(27-7-9-31-10-8-27)15-11-13-5-6-14(30-4)12-16(13)28-18(15)21-23-25-28/h5-6,11-12,17H,7-10H2,1-4H3/t17-/m1/s1. The van der Waals surface area contributed by atoms with Gasteiger partial charge in [-0.2, -0.15) is 4.52 Å². The van der Waals surface area contributed by atoms with Crippen molar-refractivity contribution in [2.75, 3.05) is 33.4 Å². The van der Waals surface area contributed by atoms with Gasteiger partial charge in [0.15, 0.2) is 11.5 Å². The fourth-order valence-electron chi connectivity index (χ4n) is 4.10. The molecule has 0 N–H and O–H groups in total. The number of benzene rings is 1. The zero-order valence-electron chi connectivity index (χ0n) is 18.1. The minimum atomic E-state index is -0.282. The Morgan fingerprint density at radius 1 is 1.03 bits per heavy atom. The Balaban J connectivity index is 1.76. The van der Waals surface area contributed by atoms with Crippen molar-refractivity contribution in [1.29, 1.82) is 0 Å². The predicted octanol–water partition coefficient (Wildman–Crippen LogP) is 1.45. The van der Waals surface area contributed by atoms with Crippen LogP contribution in [-0.4, -0.2) is 78.6 Å². The predicted molar refractivity (Wildman–Crippen MR) is 112 cm³/mol. The van der Waals surface area contributed by atoms with Crippen LogP contribution in [0.1, 0.15) is 38.2 Å². The molecule has 11 heteroatoms. The third kappa shape index (κ3) is 3.39. The number of ether oxygens (including phenoxy) is 2. The number of hydrogen-bond donors (Lipinski definition) is 0. The molecule has 3 aromatic heterocycles. The molecule has 5 rings (SSSR count). The number of methoxy groups -OCH3 is 1. The van der Waals surface area contributed by atoms with Gasteiger partial charge in [0.1, 0.15) is 11.8 Å². The van der Waals surface area contributed by atoms with Crippen LogP contribution in [0.15, 0.2) is 24.3 Å². The molecule has 0 amide bonds. The van der Waals surface area contributed by atoms with E-state index in [1.165, 1.54) is 0 Å². The number of hydrogen-bond acceptors (Lipinski definition) is 9. The average Bonchev–Trinajstić information content (AvgIpc) is 3.44. The second-order valence-corrected chi connectivity index (χ2v) is 8.61. The van der Waals surface area contributed by atoms with Crippen molar-refractivity contribution < 1.29 is 9.47 Å². The Bertz CT molecular complexity index is 1220. The van der Waals surface area contributed by atoms with Crippen molar-refractivity contribution in [2.24, 2.45) is 0 Å². The summed E-state index contributed by atoms with van der Waals surface area (Å²) < 4.78 is 14.6. The summed E-state index contributed by atoms with van der Waals surface area (Å²) in [5, 5.41) is 26.4. The van der Waals surface area contributed by atoms with Crippen LogP contribution in [0.25, 0.3) is 16.6 Å². The van der Waals surface area contributed by atoms with Gasteiger partial charge in [-0.25, -0.2) is 4.68 Å². The van der Waals surface area contributed by atoms with Gasteiger partial charge in [-0.15, -0.1) is 10.2 Å². The van der Waals surface area contributed by atoms with E-state index in [4.69, 9.17) is 9.47 Å². The summed E-state index contributed by atoms with van der Waals surface area (Å²) in [6.45, 7) is 9.09. The maximum Gasteiger partial charge on any atom is 0.185 e. The minimum Gasteiger partial charge on any atom is -0.497 e. The van der Waals surface area contributed by atoms with Gasteiger partial charge in [0, 0.05) is 30.1 Å². The summed E-state index contributed by atoms with van der Waals surface area (Å²) in [7, 11) is 1.65. The van der Waals surface area contributed by atoms with Crippen molar-refractivity contribution >= 4 is 16.6 Å². The van der Waals surface area contributed by atoms with Crippen molar-refractivity contribution in [3.8, 4) is 5.75 Å². The Labute approximate surface area is 178 Å². The Morgan fingerprint density at radius 2 is 1.81 bits per heavy atom. The van der Waals surface area contributed by atoms with E-state index >= 15 is 0 Å². The van der Waals surface area contributed by atoms with E-state index in [0.717, 1.165) is 41.1 Å². The second kappa shape index (κ2) is 7.50. The fourth-order valence-corrected chi connectivity index (χ4v) is 4.10. The molecule has 162 valence electrons. The summed E-state index contributed by atoms with van der Waals surface area (Å²) in [5.74, 6) is 1.51. The van der Waals surface area contributed by atoms with Crippen LogP contribution >= 0.6 is 0 Å². The van der Waals surface area contributed by atoms with Crippen molar-refractivity contribution in [3.63, 3.8) is 0 Å². The number of pyridine rings is 1. The summed E-state index contributed by atoms with van der Waals surface area (Å²) in [6.07, 6.45) is 0. The van der Waals surface area contributed by atoms with Gasteiger partial charge in [0.2, 0.25) is 0 Å². The molecule has 0 bridgehead atoms. The lowest BCUT2D eigenvalue weighted by Gasteiger charge is -2.35. The monoisotopic (exact) mass is 423 g/mol. The highest BCUT2D eigenvalue weighted by Gasteiger charge is 2.34. The Kier molecular flexibility index (Phi) is 4.78. The Hall–Kier alpha value is -3.18. The van der Waals surface area contributed by atoms with E-state index in [9.17, 15) is 0 Å². The third-order valence-electron chi connectivity index (χ3n) is 5.58. The molecule has 1 atom stereocenters. The highest BCUT2D eigenvalue weighted by atomic mass is 16.5. The lowest BCUT2D eigenvalue weighted by Crippen LogP contribution is -2.42. The van der Waals surface area contributed by atoms with Gasteiger partial charge in [-0.05, 0) is 59.8 Å². The smallest absolute Gasteiger partial charge is 0.185 e. The van der Waals surface area contributed by atoms with Gasteiger partial charge in [0.25, 0.3) is 0 Å². The molecule has 11 nitrogen and oxygen atoms in total. The van der Waals surface area contributed by atoms with Crippen LogP contribution < -0.4 is 4.74 Å². The fraction of sp³-hybridized carbons (Fsp3) is 0.500. The van der Waals surface area contributed by atoms with E-state index in [-0.39, 0.29) is 11.6 Å². The van der Waals surface area contributed by atoms with Crippen molar-refractivity contribution in [2.45, 2.75) is 32.4 Å². The molecule has 1 saturated heterocycles. The maximum atomic E-state index is 5.61. The number of tetrazole rings is 2. The molecule has 0 aliphatic carbocycles. The lowest BCUT2D eigenvalue weighted by atomic mass is 10.0. The van der Waals surface area contributed by atoms with E-state index in [2.05, 4.69) is 62.8 Å². The van der Waals surface area contributed by atoms with Gasteiger partial charge in [-0.1, -0.05) is 0 Å². The van der Waals surface area contributed by atoms with Crippen LogP contribution in [0.4, 0.5) is 0 Å². The van der Waals surface area contributed by atoms with Crippen LogP contribution in [-0.2, 0) is 10.3 Å². The largest absolute Gasteiger partial charge is 0.497 e. The first kappa shape index (κ1) is 19.8. The zero-order chi connectivity index (χ0) is 21.6. The van der Waals surface area contributed by atoms with E-state index < -0.39 is 0 Å². The van der Waals surface area contributed by atoms with Gasteiger partial charge < -0.3 is 9.47 Å². The first-order chi connectivity index (χ1) is 15.0. The Morgan fingerprint density at radius 3 is 2.55 bits per heavy atom.